The van der Waals surface area contributed by atoms with E-state index in [1.807, 2.05) is 6.07 Å². The highest BCUT2D eigenvalue weighted by molar-refractivity contribution is 9.10. The van der Waals surface area contributed by atoms with E-state index < -0.39 is 17.2 Å². The van der Waals surface area contributed by atoms with Crippen molar-refractivity contribution >= 4 is 21.7 Å². The molecule has 0 spiro atoms. The fourth-order valence-corrected chi connectivity index (χ4v) is 2.76. The van der Waals surface area contributed by atoms with Gasteiger partial charge in [0.15, 0.2) is 5.78 Å². The van der Waals surface area contributed by atoms with E-state index in [1.165, 1.54) is 6.92 Å². The lowest BCUT2D eigenvalue weighted by Gasteiger charge is -2.14. The molecule has 0 bridgehead atoms. The van der Waals surface area contributed by atoms with Crippen LogP contribution in [0, 0.1) is 18.3 Å². The molecular weight excluding hydrogens is 348 g/mol. The minimum Gasteiger partial charge on any atom is -0.494 e. The molecule has 0 amide bonds. The Balaban J connectivity index is 2.82. The highest BCUT2D eigenvalue weighted by Crippen LogP contribution is 2.27. The maximum Gasteiger partial charge on any atom is 0.271 e. The zero-order chi connectivity index (χ0) is 16.4. The molecule has 0 aliphatic heterocycles. The molecule has 0 atom stereocenters. The van der Waals surface area contributed by atoms with Crippen LogP contribution in [-0.4, -0.2) is 15.5 Å². The van der Waals surface area contributed by atoms with E-state index >= 15 is 0 Å². The van der Waals surface area contributed by atoms with Crippen molar-refractivity contribution in [3.05, 3.63) is 61.3 Å². The quantitative estimate of drug-likeness (QED) is 0.853. The van der Waals surface area contributed by atoms with E-state index in [-0.39, 0.29) is 23.2 Å². The average Bonchev–Trinajstić information content (AvgIpc) is 2.48. The Hall–Kier alpha value is -2.39. The van der Waals surface area contributed by atoms with Gasteiger partial charge < -0.3 is 5.11 Å². The molecule has 5 nitrogen and oxygen atoms in total. The number of hydrogen-bond donors (Lipinski definition) is 1. The molecule has 0 radical (unpaired) electrons. The van der Waals surface area contributed by atoms with Crippen LogP contribution >= 0.6 is 15.9 Å². The van der Waals surface area contributed by atoms with Crippen molar-refractivity contribution in [2.75, 3.05) is 0 Å². The summed E-state index contributed by atoms with van der Waals surface area (Å²) in [7, 11) is 0. The molecule has 1 aromatic heterocycles. The first kappa shape index (κ1) is 16.0. The van der Waals surface area contributed by atoms with Crippen molar-refractivity contribution in [3.8, 4) is 11.9 Å². The van der Waals surface area contributed by atoms with Crippen LogP contribution in [-0.2, 0) is 6.54 Å². The molecule has 112 valence electrons. The molecule has 0 unspecified atom stereocenters. The second-order valence-electron chi connectivity index (χ2n) is 4.67. The lowest BCUT2D eigenvalue weighted by Crippen LogP contribution is -2.26. The highest BCUT2D eigenvalue weighted by atomic mass is 79.9. The Morgan fingerprint density at radius 1 is 1.41 bits per heavy atom. The van der Waals surface area contributed by atoms with Crippen LogP contribution in [0.4, 0.5) is 0 Å². The maximum atomic E-state index is 12.7. The third-order valence-electron chi connectivity index (χ3n) is 3.46. The number of benzene rings is 1. The smallest absolute Gasteiger partial charge is 0.271 e. The number of halogens is 1. The molecule has 6 heteroatoms. The van der Waals surface area contributed by atoms with Gasteiger partial charge in [-0.25, -0.2) is 0 Å². The summed E-state index contributed by atoms with van der Waals surface area (Å²) in [4.78, 5) is 24.9. The van der Waals surface area contributed by atoms with Gasteiger partial charge in [-0.1, -0.05) is 28.1 Å². The van der Waals surface area contributed by atoms with Crippen LogP contribution in [0.1, 0.15) is 34.0 Å². The molecule has 22 heavy (non-hydrogen) atoms. The van der Waals surface area contributed by atoms with Crippen LogP contribution in [0.3, 0.4) is 0 Å². The Kier molecular flexibility index (Phi) is 4.48. The number of carbonyl (C=O) groups excluding carboxylic acids is 1. The minimum absolute atomic E-state index is 0.0232. The van der Waals surface area contributed by atoms with Gasteiger partial charge in [-0.3, -0.25) is 14.2 Å². The number of nitrogens with zero attached hydrogens (tertiary/aromatic N) is 2. The standard InChI is InChI=1S/C16H13BrN2O3/c1-3-19-15(21)11(8-18)9(2)13(16(19)22)14(20)10-6-4-5-7-12(10)17/h4-7,22H,3H2,1-2H3. The van der Waals surface area contributed by atoms with Crippen molar-refractivity contribution in [1.82, 2.24) is 4.57 Å². The summed E-state index contributed by atoms with van der Waals surface area (Å²) in [5.74, 6) is -0.856. The second-order valence-corrected chi connectivity index (χ2v) is 5.52. The van der Waals surface area contributed by atoms with Crippen LogP contribution < -0.4 is 5.56 Å². The topological polar surface area (TPSA) is 83.1 Å². The van der Waals surface area contributed by atoms with Crippen molar-refractivity contribution in [2.24, 2.45) is 0 Å². The summed E-state index contributed by atoms with van der Waals surface area (Å²) in [6, 6.07) is 8.60. The number of pyridine rings is 1. The van der Waals surface area contributed by atoms with Crippen LogP contribution in [0.15, 0.2) is 33.5 Å². The van der Waals surface area contributed by atoms with E-state index in [9.17, 15) is 20.0 Å². The van der Waals surface area contributed by atoms with Crippen molar-refractivity contribution in [1.29, 1.82) is 5.26 Å². The van der Waals surface area contributed by atoms with Crippen LogP contribution in [0.25, 0.3) is 0 Å². The number of ketones is 1. The maximum absolute atomic E-state index is 12.7. The van der Waals surface area contributed by atoms with E-state index in [1.54, 1.807) is 31.2 Å². The molecule has 1 heterocycles. The van der Waals surface area contributed by atoms with Crippen LogP contribution in [0.2, 0.25) is 0 Å². The van der Waals surface area contributed by atoms with Gasteiger partial charge in [0.25, 0.3) is 5.56 Å². The number of carbonyl (C=O) groups is 1. The summed E-state index contributed by atoms with van der Waals surface area (Å²) >= 11 is 3.29. The van der Waals surface area contributed by atoms with E-state index in [2.05, 4.69) is 15.9 Å². The zero-order valence-electron chi connectivity index (χ0n) is 12.1. The Bertz CT molecular complexity index is 863. The summed E-state index contributed by atoms with van der Waals surface area (Å²) < 4.78 is 1.60. The molecule has 1 N–H and O–H groups in total. The van der Waals surface area contributed by atoms with E-state index in [0.29, 0.717) is 10.0 Å². The van der Waals surface area contributed by atoms with Gasteiger partial charge in [0.05, 0.1) is 5.56 Å². The molecular formula is C16H13BrN2O3. The first-order chi connectivity index (χ1) is 10.4. The fraction of sp³-hybridized carbons (Fsp3) is 0.188. The largest absolute Gasteiger partial charge is 0.494 e. The molecule has 0 saturated heterocycles. The predicted molar refractivity (Wildman–Crippen MR) is 85.1 cm³/mol. The van der Waals surface area contributed by atoms with E-state index in [4.69, 9.17) is 0 Å². The van der Waals surface area contributed by atoms with Crippen molar-refractivity contribution in [2.45, 2.75) is 20.4 Å². The first-order valence-corrected chi connectivity index (χ1v) is 7.39. The number of nitriles is 1. The summed E-state index contributed by atoms with van der Waals surface area (Å²) in [6.07, 6.45) is 0. The molecule has 0 aliphatic carbocycles. The Labute approximate surface area is 135 Å². The number of hydrogen-bond acceptors (Lipinski definition) is 4. The number of rotatable bonds is 3. The van der Waals surface area contributed by atoms with Gasteiger partial charge in [0, 0.05) is 16.6 Å². The number of aromatic nitrogens is 1. The third-order valence-corrected chi connectivity index (χ3v) is 4.15. The van der Waals surface area contributed by atoms with Crippen molar-refractivity contribution in [3.63, 3.8) is 0 Å². The monoisotopic (exact) mass is 360 g/mol. The van der Waals surface area contributed by atoms with Crippen LogP contribution in [0.5, 0.6) is 5.88 Å². The average molecular weight is 361 g/mol. The molecule has 0 saturated carbocycles. The third kappa shape index (κ3) is 2.44. The SMILES string of the molecule is CCn1c(O)c(C(=O)c2ccccc2Br)c(C)c(C#N)c1=O. The van der Waals surface area contributed by atoms with E-state index in [0.717, 1.165) is 4.57 Å². The van der Waals surface area contributed by atoms with Gasteiger partial charge in [-0.15, -0.1) is 0 Å². The Morgan fingerprint density at radius 3 is 2.59 bits per heavy atom. The minimum atomic E-state index is -0.594. The summed E-state index contributed by atoms with van der Waals surface area (Å²) in [6.45, 7) is 3.31. The predicted octanol–water partition coefficient (Wildman–Crippen LogP) is 2.75. The van der Waals surface area contributed by atoms with Gasteiger partial charge in [0.1, 0.15) is 11.6 Å². The molecule has 1 aromatic carbocycles. The zero-order valence-corrected chi connectivity index (χ0v) is 13.6. The van der Waals surface area contributed by atoms with Gasteiger partial charge in [-0.05, 0) is 31.5 Å². The summed E-state index contributed by atoms with van der Waals surface area (Å²) in [5, 5.41) is 19.5. The lowest BCUT2D eigenvalue weighted by atomic mass is 9.97. The van der Waals surface area contributed by atoms with Crippen molar-refractivity contribution < 1.29 is 9.90 Å². The van der Waals surface area contributed by atoms with Gasteiger partial charge in [0.2, 0.25) is 5.88 Å². The summed E-state index contributed by atoms with van der Waals surface area (Å²) in [5.41, 5.74) is -0.204. The molecule has 2 aromatic rings. The fourth-order valence-electron chi connectivity index (χ4n) is 2.30. The number of aromatic hydroxyl groups is 1. The molecule has 0 fully saturated rings. The first-order valence-electron chi connectivity index (χ1n) is 6.59. The highest BCUT2D eigenvalue weighted by Gasteiger charge is 2.25. The van der Waals surface area contributed by atoms with Gasteiger partial charge >= 0.3 is 0 Å². The Morgan fingerprint density at radius 2 is 2.05 bits per heavy atom. The normalized spacial score (nSPS) is 10.3. The van der Waals surface area contributed by atoms with Gasteiger partial charge in [-0.2, -0.15) is 5.26 Å². The lowest BCUT2D eigenvalue weighted by molar-refractivity contribution is 0.103. The molecule has 2 rings (SSSR count). The molecule has 0 aliphatic rings. The second kappa shape index (κ2) is 6.16.